The molecule has 0 bridgehead atoms. The first-order chi connectivity index (χ1) is 17.4. The van der Waals surface area contributed by atoms with Crippen molar-refractivity contribution in [3.05, 3.63) is 0 Å². The van der Waals surface area contributed by atoms with Gasteiger partial charge in [-0.25, -0.2) is 0 Å². The Morgan fingerprint density at radius 3 is 2.11 bits per heavy atom. The summed E-state index contributed by atoms with van der Waals surface area (Å²) < 4.78 is 23.0. The maximum Gasteiger partial charge on any atom is 0.187 e. The number of aliphatic hydroxyl groups is 7. The molecule has 14 heteroatoms. The van der Waals surface area contributed by atoms with Crippen LogP contribution in [0.1, 0.15) is 26.2 Å². The first kappa shape index (κ1) is 29.4. The molecule has 0 spiro atoms. The lowest BCUT2D eigenvalue weighted by Gasteiger charge is -2.51. The minimum atomic E-state index is -1.67. The van der Waals surface area contributed by atoms with Crippen LogP contribution in [0.25, 0.3) is 0 Å². The van der Waals surface area contributed by atoms with E-state index in [0.29, 0.717) is 12.8 Å². The van der Waals surface area contributed by atoms with Crippen molar-refractivity contribution >= 4 is 0 Å². The van der Waals surface area contributed by atoms with E-state index in [1.165, 1.54) is 0 Å². The maximum absolute atomic E-state index is 11.1. The fraction of sp³-hybridized carbons (Fsp3) is 1.00. The number of aliphatic hydroxyl groups excluding tert-OH is 6. The van der Waals surface area contributed by atoms with E-state index >= 15 is 0 Å². The van der Waals surface area contributed by atoms with Crippen molar-refractivity contribution in [1.82, 2.24) is 5.32 Å². The van der Waals surface area contributed by atoms with Gasteiger partial charge in [-0.15, -0.1) is 0 Å². The van der Waals surface area contributed by atoms with Gasteiger partial charge in [-0.1, -0.05) is 0 Å². The maximum atomic E-state index is 11.1. The summed E-state index contributed by atoms with van der Waals surface area (Å²) in [6, 6.07) is -1.75. The predicted octanol–water partition coefficient (Wildman–Crippen LogP) is -4.94. The van der Waals surface area contributed by atoms with E-state index in [1.54, 1.807) is 14.0 Å². The first-order valence-corrected chi connectivity index (χ1v) is 12.9. The van der Waals surface area contributed by atoms with Crippen LogP contribution in [0, 0.1) is 11.8 Å². The molecule has 4 fully saturated rings. The normalized spacial score (nSPS) is 55.1. The van der Waals surface area contributed by atoms with E-state index in [4.69, 9.17) is 30.4 Å². The molecule has 37 heavy (non-hydrogen) atoms. The third-order valence-electron chi connectivity index (χ3n) is 8.57. The predicted molar refractivity (Wildman–Crippen MR) is 126 cm³/mol. The number of likely N-dealkylation sites (N-methyl/N-ethyl adjacent to an activating group) is 1. The third kappa shape index (κ3) is 5.69. The zero-order valence-electron chi connectivity index (χ0n) is 21.1. The highest BCUT2D eigenvalue weighted by atomic mass is 16.7. The zero-order valence-corrected chi connectivity index (χ0v) is 21.1. The van der Waals surface area contributed by atoms with Gasteiger partial charge < -0.3 is 71.5 Å². The molecule has 12 N–H and O–H groups in total. The van der Waals surface area contributed by atoms with E-state index < -0.39 is 85.7 Å². The molecule has 0 aromatic heterocycles. The summed E-state index contributed by atoms with van der Waals surface area (Å²) in [5.74, 6) is -0.285. The lowest BCUT2D eigenvalue weighted by Crippen LogP contribution is -2.67. The number of hydrogen-bond donors (Lipinski definition) is 10. The minimum Gasteiger partial charge on any atom is -0.394 e. The van der Waals surface area contributed by atoms with E-state index in [2.05, 4.69) is 5.32 Å². The summed E-state index contributed by atoms with van der Waals surface area (Å²) in [7, 11) is 1.76. The highest BCUT2D eigenvalue weighted by Gasteiger charge is 2.53. The summed E-state index contributed by atoms with van der Waals surface area (Å²) in [5.41, 5.74) is 11.5. The van der Waals surface area contributed by atoms with Crippen LogP contribution in [-0.4, -0.2) is 141 Å². The van der Waals surface area contributed by atoms with Crippen molar-refractivity contribution in [2.75, 3.05) is 20.3 Å². The van der Waals surface area contributed by atoms with Crippen LogP contribution in [0.3, 0.4) is 0 Å². The number of ether oxygens (including phenoxy) is 4. The Hall–Kier alpha value is -0.560. The van der Waals surface area contributed by atoms with Crippen LogP contribution in [0.4, 0.5) is 0 Å². The Labute approximate surface area is 215 Å². The summed E-state index contributed by atoms with van der Waals surface area (Å²) in [6.45, 7) is 1.38. The topological polar surface area (TPSA) is 243 Å². The molecule has 2 aliphatic carbocycles. The molecule has 16 atom stereocenters. The fourth-order valence-corrected chi connectivity index (χ4v) is 6.34. The van der Waals surface area contributed by atoms with Crippen molar-refractivity contribution in [2.24, 2.45) is 23.3 Å². The van der Waals surface area contributed by atoms with Gasteiger partial charge in [0.1, 0.15) is 48.8 Å². The molecule has 4 aliphatic rings. The molecule has 0 aromatic rings. The van der Waals surface area contributed by atoms with Crippen molar-refractivity contribution in [2.45, 2.75) is 111 Å². The van der Waals surface area contributed by atoms with E-state index in [1.807, 2.05) is 0 Å². The van der Waals surface area contributed by atoms with Gasteiger partial charge >= 0.3 is 0 Å². The smallest absolute Gasteiger partial charge is 0.187 e. The van der Waals surface area contributed by atoms with Gasteiger partial charge in [0.15, 0.2) is 12.6 Å². The van der Waals surface area contributed by atoms with Crippen LogP contribution < -0.4 is 16.8 Å². The van der Waals surface area contributed by atoms with Gasteiger partial charge in [0, 0.05) is 18.1 Å². The molecular formula is C23H43N3O11. The second-order valence-electron chi connectivity index (χ2n) is 11.2. The lowest BCUT2D eigenvalue weighted by molar-refractivity contribution is -0.332. The SMILES string of the molecule is CNC1CC2C(COC(OC3C(N)CC(N)C(OC4OC(CO)C(O)C(O)C4O)C3O)C2O)CC1(C)O. The van der Waals surface area contributed by atoms with Crippen LogP contribution >= 0.6 is 0 Å². The van der Waals surface area contributed by atoms with Crippen LogP contribution in [0.2, 0.25) is 0 Å². The van der Waals surface area contributed by atoms with E-state index in [-0.39, 0.29) is 30.9 Å². The average Bonchev–Trinajstić information content (AvgIpc) is 2.84. The quantitative estimate of drug-likeness (QED) is 0.153. The molecule has 4 rings (SSSR count). The number of hydrogen-bond acceptors (Lipinski definition) is 14. The molecule has 0 radical (unpaired) electrons. The molecule has 14 nitrogen and oxygen atoms in total. The molecule has 2 heterocycles. The molecule has 2 saturated carbocycles. The second-order valence-corrected chi connectivity index (χ2v) is 11.2. The van der Waals surface area contributed by atoms with Crippen molar-refractivity contribution < 1.29 is 54.7 Å². The van der Waals surface area contributed by atoms with Crippen molar-refractivity contribution in [3.63, 3.8) is 0 Å². The van der Waals surface area contributed by atoms with Gasteiger partial charge in [0.05, 0.1) is 18.8 Å². The van der Waals surface area contributed by atoms with E-state index in [9.17, 15) is 35.7 Å². The number of fused-ring (bicyclic) bond motifs is 1. The molecular weight excluding hydrogens is 494 g/mol. The number of nitrogens with one attached hydrogen (secondary N) is 1. The number of rotatable bonds is 6. The van der Waals surface area contributed by atoms with E-state index in [0.717, 1.165) is 0 Å². The van der Waals surface area contributed by atoms with Crippen LogP contribution in [0.15, 0.2) is 0 Å². The van der Waals surface area contributed by atoms with Crippen LogP contribution in [-0.2, 0) is 18.9 Å². The Balaban J connectivity index is 1.43. The molecule has 0 amide bonds. The van der Waals surface area contributed by atoms with Gasteiger partial charge in [0.25, 0.3) is 0 Å². The first-order valence-electron chi connectivity index (χ1n) is 12.9. The minimum absolute atomic E-state index is 0.0740. The Morgan fingerprint density at radius 1 is 0.892 bits per heavy atom. The molecule has 2 aliphatic heterocycles. The highest BCUT2D eigenvalue weighted by Crippen LogP contribution is 2.43. The van der Waals surface area contributed by atoms with Gasteiger partial charge in [0.2, 0.25) is 0 Å². The molecule has 2 saturated heterocycles. The third-order valence-corrected chi connectivity index (χ3v) is 8.57. The summed E-state index contributed by atoms with van der Waals surface area (Å²) in [4.78, 5) is 0. The summed E-state index contributed by atoms with van der Waals surface area (Å²) >= 11 is 0. The van der Waals surface area contributed by atoms with Crippen molar-refractivity contribution in [3.8, 4) is 0 Å². The molecule has 16 unspecified atom stereocenters. The van der Waals surface area contributed by atoms with Crippen molar-refractivity contribution in [1.29, 1.82) is 0 Å². The monoisotopic (exact) mass is 537 g/mol. The summed E-state index contributed by atoms with van der Waals surface area (Å²) in [5, 5.41) is 75.9. The highest BCUT2D eigenvalue weighted by molar-refractivity contribution is 5.03. The Bertz CT molecular complexity index is 763. The van der Waals surface area contributed by atoms with Gasteiger partial charge in [-0.05, 0) is 45.1 Å². The number of nitrogens with two attached hydrogens (primary N) is 2. The van der Waals surface area contributed by atoms with Crippen LogP contribution in [0.5, 0.6) is 0 Å². The molecule has 0 aromatic carbocycles. The zero-order chi connectivity index (χ0) is 27.2. The standard InChI is InChI=1S/C23H43N3O11/c1-23(33)5-8-7-34-21(14(28)9(8)3-13(23)26-2)36-19-10(24)4-11(25)20(18(19)32)37-22-17(31)16(30)15(29)12(6-27)35-22/h8-22,26-33H,3-7,24-25H2,1-2H3. The lowest BCUT2D eigenvalue weighted by atomic mass is 9.67. The van der Waals surface area contributed by atoms with Gasteiger partial charge in [-0.3, -0.25) is 0 Å². The second kappa shape index (κ2) is 11.5. The Morgan fingerprint density at radius 2 is 1.51 bits per heavy atom. The largest absolute Gasteiger partial charge is 0.394 e. The fourth-order valence-electron chi connectivity index (χ4n) is 6.34. The Kier molecular flexibility index (Phi) is 9.15. The van der Waals surface area contributed by atoms with Gasteiger partial charge in [-0.2, -0.15) is 0 Å². The summed E-state index contributed by atoms with van der Waals surface area (Å²) in [6.07, 6.45) is -12.2. The molecule has 216 valence electrons. The average molecular weight is 538 g/mol.